The molecule has 0 bridgehead atoms. The summed E-state index contributed by atoms with van der Waals surface area (Å²) in [6.45, 7) is 4.93. The number of amides is 1. The molecule has 0 radical (unpaired) electrons. The normalized spacial score (nSPS) is 15.2. The summed E-state index contributed by atoms with van der Waals surface area (Å²) in [5.74, 6) is 0.153. The summed E-state index contributed by atoms with van der Waals surface area (Å²) in [5, 5.41) is 2.35. The molecule has 1 saturated heterocycles. The fraction of sp³-hybridized carbons (Fsp3) is 0.385. The summed E-state index contributed by atoms with van der Waals surface area (Å²) in [6, 6.07) is 7.89. The topological polar surface area (TPSA) is 35.9 Å². The first-order chi connectivity index (χ1) is 8.70. The summed E-state index contributed by atoms with van der Waals surface area (Å²) < 4.78 is 0. The maximum atomic E-state index is 11.2. The third kappa shape index (κ3) is 2.94. The minimum atomic E-state index is 0.153. The van der Waals surface area contributed by atoms with Crippen molar-refractivity contribution in [2.24, 2.45) is 4.99 Å². The van der Waals surface area contributed by atoms with E-state index in [2.05, 4.69) is 27.3 Å². The molecule has 1 aliphatic heterocycles. The lowest BCUT2D eigenvalue weighted by atomic mass is 10.2. The Labute approximate surface area is 112 Å². The number of anilines is 1. The van der Waals surface area contributed by atoms with E-state index in [4.69, 9.17) is 0 Å². The number of benzene rings is 1. The van der Waals surface area contributed by atoms with Crippen LogP contribution in [-0.2, 0) is 4.79 Å². The van der Waals surface area contributed by atoms with Crippen LogP contribution in [0.5, 0.6) is 0 Å². The Hall–Kier alpha value is -1.71. The number of piperazine rings is 1. The van der Waals surface area contributed by atoms with Crippen molar-refractivity contribution in [3.8, 4) is 0 Å². The van der Waals surface area contributed by atoms with Gasteiger partial charge in [0.05, 0.1) is 10.8 Å². The largest absolute Gasteiger partial charge is 0.368 e. The molecule has 1 aliphatic rings. The van der Waals surface area contributed by atoms with Crippen LogP contribution in [0.4, 0.5) is 11.4 Å². The van der Waals surface area contributed by atoms with Crippen molar-refractivity contribution >= 4 is 34.7 Å². The number of carbonyl (C=O) groups is 1. The van der Waals surface area contributed by atoms with Crippen LogP contribution >= 0.6 is 12.2 Å². The molecule has 0 aliphatic carbocycles. The first-order valence-corrected chi connectivity index (χ1v) is 6.30. The molecule has 0 atom stereocenters. The number of aliphatic imine (C=N–C) groups is 1. The minimum Gasteiger partial charge on any atom is -0.368 e. The van der Waals surface area contributed by atoms with Crippen LogP contribution < -0.4 is 4.90 Å². The molecule has 1 amide bonds. The molecular weight excluding hydrogens is 246 g/mol. The average Bonchev–Trinajstić information content (AvgIpc) is 2.40. The molecule has 4 nitrogen and oxygen atoms in total. The van der Waals surface area contributed by atoms with Crippen molar-refractivity contribution in [1.82, 2.24) is 4.90 Å². The van der Waals surface area contributed by atoms with Crippen molar-refractivity contribution < 1.29 is 4.79 Å². The van der Waals surface area contributed by atoms with E-state index < -0.39 is 0 Å². The molecule has 1 aromatic carbocycles. The van der Waals surface area contributed by atoms with Gasteiger partial charge >= 0.3 is 0 Å². The van der Waals surface area contributed by atoms with E-state index in [1.807, 2.05) is 29.2 Å². The zero-order valence-corrected chi connectivity index (χ0v) is 11.1. The van der Waals surface area contributed by atoms with Crippen molar-refractivity contribution in [2.45, 2.75) is 6.92 Å². The van der Waals surface area contributed by atoms with Crippen LogP contribution in [0.25, 0.3) is 0 Å². The lowest BCUT2D eigenvalue weighted by molar-refractivity contribution is -0.129. The smallest absolute Gasteiger partial charge is 0.219 e. The van der Waals surface area contributed by atoms with Gasteiger partial charge in [0.2, 0.25) is 5.91 Å². The number of thiocarbonyl (C=S) groups is 1. The predicted octanol–water partition coefficient (Wildman–Crippen LogP) is 2.09. The van der Waals surface area contributed by atoms with Gasteiger partial charge in [0, 0.05) is 38.8 Å². The molecule has 2 rings (SSSR count). The van der Waals surface area contributed by atoms with Gasteiger partial charge in [-0.05, 0) is 36.5 Å². The van der Waals surface area contributed by atoms with Crippen molar-refractivity contribution in [2.75, 3.05) is 31.1 Å². The van der Waals surface area contributed by atoms with E-state index >= 15 is 0 Å². The molecule has 0 saturated carbocycles. The van der Waals surface area contributed by atoms with E-state index in [0.717, 1.165) is 37.6 Å². The minimum absolute atomic E-state index is 0.153. The van der Waals surface area contributed by atoms with Gasteiger partial charge in [0.15, 0.2) is 0 Å². The predicted molar refractivity (Wildman–Crippen MR) is 75.6 cm³/mol. The molecule has 0 aromatic heterocycles. The number of hydrogen-bond donors (Lipinski definition) is 0. The standard InChI is InChI=1S/C13H15N3OS/c1-11(17)15-6-8-16(9-7-15)13-4-2-12(3-5-13)14-10-18/h2-5H,6-9H2,1H3. The van der Waals surface area contributed by atoms with Crippen molar-refractivity contribution in [3.63, 3.8) is 0 Å². The van der Waals surface area contributed by atoms with E-state index in [1.165, 1.54) is 0 Å². The molecule has 94 valence electrons. The highest BCUT2D eigenvalue weighted by Crippen LogP contribution is 2.20. The van der Waals surface area contributed by atoms with Gasteiger partial charge in [-0.2, -0.15) is 4.99 Å². The second-order valence-electron chi connectivity index (χ2n) is 4.21. The fourth-order valence-corrected chi connectivity index (χ4v) is 2.18. The lowest BCUT2D eigenvalue weighted by Gasteiger charge is -2.35. The van der Waals surface area contributed by atoms with Gasteiger partial charge in [-0.15, -0.1) is 0 Å². The fourth-order valence-electron chi connectivity index (χ4n) is 2.07. The lowest BCUT2D eigenvalue weighted by Crippen LogP contribution is -2.48. The number of nitrogens with zero attached hydrogens (tertiary/aromatic N) is 3. The van der Waals surface area contributed by atoms with Gasteiger partial charge in [0.25, 0.3) is 0 Å². The zero-order chi connectivity index (χ0) is 13.0. The second kappa shape index (κ2) is 5.76. The Bertz CT molecular complexity index is 472. The Morgan fingerprint density at radius 3 is 2.33 bits per heavy atom. The summed E-state index contributed by atoms with van der Waals surface area (Å²) >= 11 is 4.56. The number of isothiocyanates is 1. The first kappa shape index (κ1) is 12.7. The van der Waals surface area contributed by atoms with Crippen LogP contribution in [-0.4, -0.2) is 42.1 Å². The Morgan fingerprint density at radius 1 is 1.22 bits per heavy atom. The van der Waals surface area contributed by atoms with Crippen LogP contribution in [0.1, 0.15) is 6.92 Å². The molecule has 5 heteroatoms. The monoisotopic (exact) mass is 261 g/mol. The Morgan fingerprint density at radius 2 is 1.83 bits per heavy atom. The van der Waals surface area contributed by atoms with Crippen LogP contribution in [0, 0.1) is 0 Å². The van der Waals surface area contributed by atoms with E-state index in [9.17, 15) is 4.79 Å². The van der Waals surface area contributed by atoms with Gasteiger partial charge < -0.3 is 9.80 Å². The van der Waals surface area contributed by atoms with E-state index in [1.54, 1.807) is 6.92 Å². The third-order valence-electron chi connectivity index (χ3n) is 3.11. The first-order valence-electron chi connectivity index (χ1n) is 5.89. The molecular formula is C13H15N3OS. The quantitative estimate of drug-likeness (QED) is 0.604. The van der Waals surface area contributed by atoms with Gasteiger partial charge in [-0.3, -0.25) is 4.79 Å². The molecule has 0 spiro atoms. The van der Waals surface area contributed by atoms with Gasteiger partial charge in [-0.25, -0.2) is 0 Å². The van der Waals surface area contributed by atoms with E-state index in [0.29, 0.717) is 0 Å². The SMILES string of the molecule is CC(=O)N1CCN(c2ccc(N=C=S)cc2)CC1. The van der Waals surface area contributed by atoms with Gasteiger partial charge in [0.1, 0.15) is 0 Å². The number of carbonyl (C=O) groups excluding carboxylic acids is 1. The van der Waals surface area contributed by atoms with Crippen LogP contribution in [0.2, 0.25) is 0 Å². The summed E-state index contributed by atoms with van der Waals surface area (Å²) in [5.41, 5.74) is 1.97. The highest BCUT2D eigenvalue weighted by atomic mass is 32.1. The van der Waals surface area contributed by atoms with Crippen molar-refractivity contribution in [1.29, 1.82) is 0 Å². The number of rotatable bonds is 2. The molecule has 0 N–H and O–H groups in total. The number of hydrogen-bond acceptors (Lipinski definition) is 4. The average molecular weight is 261 g/mol. The maximum Gasteiger partial charge on any atom is 0.219 e. The summed E-state index contributed by atoms with van der Waals surface area (Å²) in [7, 11) is 0. The Kier molecular flexibility index (Phi) is 4.07. The van der Waals surface area contributed by atoms with Crippen molar-refractivity contribution in [3.05, 3.63) is 24.3 Å². The molecule has 0 unspecified atom stereocenters. The molecule has 1 heterocycles. The highest BCUT2D eigenvalue weighted by molar-refractivity contribution is 7.78. The molecule has 1 fully saturated rings. The second-order valence-corrected chi connectivity index (χ2v) is 4.40. The van der Waals surface area contributed by atoms with Crippen LogP contribution in [0.15, 0.2) is 29.3 Å². The summed E-state index contributed by atoms with van der Waals surface area (Å²) in [6.07, 6.45) is 0. The van der Waals surface area contributed by atoms with Crippen LogP contribution in [0.3, 0.4) is 0 Å². The summed E-state index contributed by atoms with van der Waals surface area (Å²) in [4.78, 5) is 19.3. The molecule has 1 aromatic rings. The van der Waals surface area contributed by atoms with Gasteiger partial charge in [-0.1, -0.05) is 0 Å². The maximum absolute atomic E-state index is 11.2. The zero-order valence-electron chi connectivity index (χ0n) is 10.3. The molecule has 18 heavy (non-hydrogen) atoms. The third-order valence-corrected chi connectivity index (χ3v) is 3.21. The van der Waals surface area contributed by atoms with E-state index in [-0.39, 0.29) is 5.91 Å². The Balaban J connectivity index is 2.01. The highest BCUT2D eigenvalue weighted by Gasteiger charge is 2.18.